The van der Waals surface area contributed by atoms with E-state index in [-0.39, 0.29) is 0 Å². The van der Waals surface area contributed by atoms with E-state index in [1.165, 1.54) is 0 Å². The molecule has 1 aromatic rings. The van der Waals surface area contributed by atoms with Gasteiger partial charge in [-0.25, -0.2) is 13.6 Å². The van der Waals surface area contributed by atoms with Crippen LogP contribution >= 0.6 is 0 Å². The molecule has 0 atom stereocenters. The first-order chi connectivity index (χ1) is 7.41. The minimum absolute atomic E-state index is 0.518. The first kappa shape index (κ1) is 11.8. The standard InChI is InChI=1S/C9H5F2NO4/c10-7-3-5(12(15)16)4-8(11)6(7)1-2-9(13)14/h1-4H,(H,13,14)/b2-1+. The van der Waals surface area contributed by atoms with E-state index in [9.17, 15) is 23.7 Å². The molecule has 5 nitrogen and oxygen atoms in total. The number of hydrogen-bond donors (Lipinski definition) is 1. The number of carbonyl (C=O) groups is 1. The third kappa shape index (κ3) is 2.59. The number of carboxylic acid groups (broad SMARTS) is 1. The lowest BCUT2D eigenvalue weighted by molar-refractivity contribution is -0.385. The van der Waals surface area contributed by atoms with Crippen LogP contribution in [-0.2, 0) is 4.79 Å². The molecular weight excluding hydrogens is 224 g/mol. The zero-order valence-corrected chi connectivity index (χ0v) is 7.68. The molecule has 0 unspecified atom stereocenters. The predicted molar refractivity (Wildman–Crippen MR) is 49.7 cm³/mol. The van der Waals surface area contributed by atoms with Gasteiger partial charge in [-0.15, -0.1) is 0 Å². The molecule has 0 saturated carbocycles. The first-order valence-electron chi connectivity index (χ1n) is 3.96. The van der Waals surface area contributed by atoms with Crippen molar-refractivity contribution in [2.24, 2.45) is 0 Å². The number of nitro groups is 1. The average Bonchev–Trinajstić information content (AvgIpc) is 2.15. The second kappa shape index (κ2) is 4.47. The Bertz CT molecular complexity index is 461. The van der Waals surface area contributed by atoms with Gasteiger partial charge in [0, 0.05) is 11.6 Å². The van der Waals surface area contributed by atoms with Crippen molar-refractivity contribution in [1.29, 1.82) is 0 Å². The highest BCUT2D eigenvalue weighted by Crippen LogP contribution is 2.21. The van der Waals surface area contributed by atoms with Crippen LogP contribution in [0.1, 0.15) is 5.56 Å². The van der Waals surface area contributed by atoms with Crippen molar-refractivity contribution in [3.05, 3.63) is 45.5 Å². The van der Waals surface area contributed by atoms with Crippen molar-refractivity contribution < 1.29 is 23.6 Å². The van der Waals surface area contributed by atoms with Crippen molar-refractivity contribution in [2.45, 2.75) is 0 Å². The fraction of sp³-hybridized carbons (Fsp3) is 0. The molecule has 1 N–H and O–H groups in total. The summed E-state index contributed by atoms with van der Waals surface area (Å²) in [5, 5.41) is 18.5. The van der Waals surface area contributed by atoms with Gasteiger partial charge >= 0.3 is 5.97 Å². The summed E-state index contributed by atoms with van der Waals surface area (Å²) in [5.74, 6) is -3.76. The van der Waals surface area contributed by atoms with Gasteiger partial charge in [0.25, 0.3) is 5.69 Å². The molecule has 0 amide bonds. The first-order valence-corrected chi connectivity index (χ1v) is 3.96. The van der Waals surface area contributed by atoms with Crippen LogP contribution in [0.25, 0.3) is 6.08 Å². The Kier molecular flexibility index (Phi) is 3.29. The van der Waals surface area contributed by atoms with E-state index in [0.717, 1.165) is 0 Å². The topological polar surface area (TPSA) is 80.4 Å². The summed E-state index contributed by atoms with van der Waals surface area (Å²) in [7, 11) is 0. The quantitative estimate of drug-likeness (QED) is 0.488. The van der Waals surface area contributed by atoms with E-state index < -0.39 is 33.8 Å². The Morgan fingerprint density at radius 2 is 1.88 bits per heavy atom. The van der Waals surface area contributed by atoms with Gasteiger partial charge in [-0.05, 0) is 6.08 Å². The highest BCUT2D eigenvalue weighted by molar-refractivity contribution is 5.85. The van der Waals surface area contributed by atoms with Crippen molar-refractivity contribution in [3.8, 4) is 0 Å². The van der Waals surface area contributed by atoms with Crippen LogP contribution in [0.3, 0.4) is 0 Å². The summed E-state index contributed by atoms with van der Waals surface area (Å²) in [4.78, 5) is 19.4. The van der Waals surface area contributed by atoms with E-state index in [2.05, 4.69) is 0 Å². The number of carboxylic acids is 1. The number of nitro benzene ring substituents is 1. The molecule has 0 bridgehead atoms. The molecule has 0 fully saturated rings. The number of non-ortho nitro benzene ring substituents is 1. The SMILES string of the molecule is O=C(O)/C=C/c1c(F)cc([N+](=O)[O-])cc1F. The zero-order valence-electron chi connectivity index (χ0n) is 7.68. The summed E-state index contributed by atoms with van der Waals surface area (Å²) in [6.45, 7) is 0. The summed E-state index contributed by atoms with van der Waals surface area (Å²) in [5.41, 5.74) is -1.37. The molecule has 7 heteroatoms. The average molecular weight is 229 g/mol. The summed E-state index contributed by atoms with van der Waals surface area (Å²) < 4.78 is 26.3. The summed E-state index contributed by atoms with van der Waals surface area (Å²) >= 11 is 0. The van der Waals surface area contributed by atoms with Crippen LogP contribution in [0.15, 0.2) is 18.2 Å². The van der Waals surface area contributed by atoms with E-state index in [1.54, 1.807) is 0 Å². The summed E-state index contributed by atoms with van der Waals surface area (Å²) in [6.07, 6.45) is 1.23. The van der Waals surface area contributed by atoms with Crippen LogP contribution in [0, 0.1) is 21.7 Å². The van der Waals surface area contributed by atoms with Gasteiger partial charge < -0.3 is 5.11 Å². The Morgan fingerprint density at radius 1 is 1.38 bits per heavy atom. The molecule has 0 aliphatic heterocycles. The number of halogens is 2. The monoisotopic (exact) mass is 229 g/mol. The lowest BCUT2D eigenvalue weighted by Gasteiger charge is -1.99. The van der Waals surface area contributed by atoms with E-state index >= 15 is 0 Å². The number of benzene rings is 1. The Labute approximate surface area is 87.8 Å². The fourth-order valence-corrected chi connectivity index (χ4v) is 0.990. The maximum absolute atomic E-state index is 13.1. The molecule has 84 valence electrons. The zero-order chi connectivity index (χ0) is 12.3. The minimum atomic E-state index is -1.38. The number of rotatable bonds is 3. The predicted octanol–water partition coefficient (Wildman–Crippen LogP) is 1.97. The highest BCUT2D eigenvalue weighted by atomic mass is 19.1. The lowest BCUT2D eigenvalue weighted by Crippen LogP contribution is -1.95. The van der Waals surface area contributed by atoms with Crippen LogP contribution in [0.2, 0.25) is 0 Å². The van der Waals surface area contributed by atoms with Gasteiger partial charge in [0.2, 0.25) is 0 Å². The molecular formula is C9H5F2NO4. The molecule has 0 aliphatic carbocycles. The minimum Gasteiger partial charge on any atom is -0.478 e. The van der Waals surface area contributed by atoms with Gasteiger partial charge in [0.15, 0.2) is 0 Å². The smallest absolute Gasteiger partial charge is 0.328 e. The van der Waals surface area contributed by atoms with Crippen molar-refractivity contribution >= 4 is 17.7 Å². The Balaban J connectivity index is 3.22. The van der Waals surface area contributed by atoms with Crippen LogP contribution < -0.4 is 0 Å². The highest BCUT2D eigenvalue weighted by Gasteiger charge is 2.15. The second-order valence-electron chi connectivity index (χ2n) is 2.75. The molecule has 0 aromatic heterocycles. The molecule has 0 aliphatic rings. The lowest BCUT2D eigenvalue weighted by atomic mass is 10.1. The molecule has 0 saturated heterocycles. The van der Waals surface area contributed by atoms with E-state index in [0.29, 0.717) is 24.3 Å². The normalized spacial score (nSPS) is 10.6. The third-order valence-corrected chi connectivity index (χ3v) is 1.67. The molecule has 0 spiro atoms. The molecule has 0 heterocycles. The number of aliphatic carboxylic acids is 1. The van der Waals surface area contributed by atoms with Crippen LogP contribution in [0.5, 0.6) is 0 Å². The molecule has 16 heavy (non-hydrogen) atoms. The van der Waals surface area contributed by atoms with Gasteiger partial charge in [0.05, 0.1) is 17.1 Å². The summed E-state index contributed by atoms with van der Waals surface area (Å²) in [6, 6.07) is 1.04. The molecule has 1 aromatic carbocycles. The van der Waals surface area contributed by atoms with Gasteiger partial charge in [-0.2, -0.15) is 0 Å². The van der Waals surface area contributed by atoms with Gasteiger partial charge in [0.1, 0.15) is 11.6 Å². The maximum Gasteiger partial charge on any atom is 0.328 e. The van der Waals surface area contributed by atoms with Crippen molar-refractivity contribution in [2.75, 3.05) is 0 Å². The Morgan fingerprint density at radius 3 is 2.25 bits per heavy atom. The number of hydrogen-bond acceptors (Lipinski definition) is 3. The van der Waals surface area contributed by atoms with Gasteiger partial charge in [-0.3, -0.25) is 10.1 Å². The van der Waals surface area contributed by atoms with Crippen molar-refractivity contribution in [3.63, 3.8) is 0 Å². The number of nitrogens with zero attached hydrogens (tertiary/aromatic N) is 1. The third-order valence-electron chi connectivity index (χ3n) is 1.67. The van der Waals surface area contributed by atoms with E-state index in [4.69, 9.17) is 5.11 Å². The van der Waals surface area contributed by atoms with Crippen LogP contribution in [-0.4, -0.2) is 16.0 Å². The maximum atomic E-state index is 13.1. The van der Waals surface area contributed by atoms with Crippen LogP contribution in [0.4, 0.5) is 14.5 Å². The Hall–Kier alpha value is -2.31. The molecule has 1 rings (SSSR count). The van der Waals surface area contributed by atoms with E-state index in [1.807, 2.05) is 0 Å². The second-order valence-corrected chi connectivity index (χ2v) is 2.75. The van der Waals surface area contributed by atoms with Gasteiger partial charge in [-0.1, -0.05) is 0 Å². The van der Waals surface area contributed by atoms with Crippen molar-refractivity contribution in [1.82, 2.24) is 0 Å². The fourth-order valence-electron chi connectivity index (χ4n) is 0.990. The largest absolute Gasteiger partial charge is 0.478 e. The molecule has 0 radical (unpaired) electrons.